The van der Waals surface area contributed by atoms with Crippen LogP contribution in [-0.4, -0.2) is 30.2 Å². The van der Waals surface area contributed by atoms with Crippen molar-refractivity contribution in [2.24, 2.45) is 34.5 Å². The second-order valence-corrected chi connectivity index (χ2v) is 9.28. The van der Waals surface area contributed by atoms with Crippen LogP contribution in [0.1, 0.15) is 58.8 Å². The maximum Gasteiger partial charge on any atom is 0.158 e. The van der Waals surface area contributed by atoms with E-state index >= 15 is 0 Å². The molecule has 2 saturated heterocycles. The minimum Gasteiger partial charge on any atom is -0.393 e. The van der Waals surface area contributed by atoms with Crippen LogP contribution in [0.25, 0.3) is 0 Å². The largest absolute Gasteiger partial charge is 0.393 e. The minimum atomic E-state index is -0.0641. The number of hydrogen-bond donors (Lipinski definition) is 1. The molecule has 0 aromatic carbocycles. The van der Waals surface area contributed by atoms with Crippen molar-refractivity contribution in [1.29, 1.82) is 0 Å². The van der Waals surface area contributed by atoms with Crippen LogP contribution < -0.4 is 0 Å². The number of rotatable bonds is 0. The van der Waals surface area contributed by atoms with Crippen LogP contribution in [0.15, 0.2) is 0 Å². The van der Waals surface area contributed by atoms with Gasteiger partial charge in [0.15, 0.2) is 6.29 Å². The molecular weight excluding hydrogens is 276 g/mol. The van der Waals surface area contributed by atoms with Crippen molar-refractivity contribution in [3.63, 3.8) is 0 Å². The summed E-state index contributed by atoms with van der Waals surface area (Å²) in [4.78, 5) is 0. The quantitative estimate of drug-likeness (QED) is 0.746. The van der Waals surface area contributed by atoms with Gasteiger partial charge in [-0.05, 0) is 67.6 Å². The zero-order valence-corrected chi connectivity index (χ0v) is 14.0. The standard InChI is InChI=1S/C19H30O3/c1-18-8-7-14-12(13(18)5-6-15(18)20)4-3-11-9-17-21-10-16(22-17)19(11,14)2/h11-17,20H,3-10H2,1-2H3. The van der Waals surface area contributed by atoms with Crippen molar-refractivity contribution >= 4 is 0 Å². The third kappa shape index (κ3) is 1.58. The molecule has 3 saturated carbocycles. The molecule has 2 aliphatic heterocycles. The average molecular weight is 306 g/mol. The second-order valence-electron chi connectivity index (χ2n) is 9.28. The lowest BCUT2D eigenvalue weighted by Crippen LogP contribution is -2.58. The number of aliphatic hydroxyl groups excluding tert-OH is 1. The molecule has 5 fully saturated rings. The summed E-state index contributed by atoms with van der Waals surface area (Å²) in [5.41, 5.74) is 0.499. The van der Waals surface area contributed by atoms with E-state index in [0.717, 1.165) is 43.1 Å². The molecular formula is C19H30O3. The van der Waals surface area contributed by atoms with E-state index in [0.29, 0.717) is 11.5 Å². The lowest BCUT2D eigenvalue weighted by molar-refractivity contribution is -0.209. The summed E-state index contributed by atoms with van der Waals surface area (Å²) in [6.07, 6.45) is 8.93. The summed E-state index contributed by atoms with van der Waals surface area (Å²) in [6, 6.07) is 0. The molecule has 0 radical (unpaired) electrons. The molecule has 0 amide bonds. The summed E-state index contributed by atoms with van der Waals surface area (Å²) in [7, 11) is 0. The van der Waals surface area contributed by atoms with Crippen molar-refractivity contribution in [3.05, 3.63) is 0 Å². The fraction of sp³-hybridized carbons (Fsp3) is 1.00. The highest BCUT2D eigenvalue weighted by Crippen LogP contribution is 2.66. The number of ether oxygens (including phenoxy) is 2. The van der Waals surface area contributed by atoms with E-state index in [9.17, 15) is 5.11 Å². The van der Waals surface area contributed by atoms with Gasteiger partial charge in [0.05, 0.1) is 18.8 Å². The van der Waals surface area contributed by atoms with Crippen LogP contribution in [0, 0.1) is 34.5 Å². The van der Waals surface area contributed by atoms with Gasteiger partial charge in [-0.2, -0.15) is 0 Å². The van der Waals surface area contributed by atoms with Gasteiger partial charge in [0, 0.05) is 11.8 Å². The van der Waals surface area contributed by atoms with E-state index < -0.39 is 0 Å². The molecule has 0 aromatic rings. The fourth-order valence-corrected chi connectivity index (χ4v) is 7.45. The first kappa shape index (κ1) is 14.2. The zero-order chi connectivity index (χ0) is 15.1. The molecule has 5 rings (SSSR count). The van der Waals surface area contributed by atoms with E-state index in [1.807, 2.05) is 0 Å². The Morgan fingerprint density at radius 3 is 2.73 bits per heavy atom. The first-order chi connectivity index (χ1) is 10.5. The van der Waals surface area contributed by atoms with Crippen molar-refractivity contribution in [2.45, 2.75) is 77.3 Å². The summed E-state index contributed by atoms with van der Waals surface area (Å²) in [5.74, 6) is 3.11. The van der Waals surface area contributed by atoms with E-state index in [2.05, 4.69) is 13.8 Å². The maximum atomic E-state index is 10.5. The molecule has 0 aromatic heterocycles. The van der Waals surface area contributed by atoms with Gasteiger partial charge in [-0.3, -0.25) is 0 Å². The molecule has 2 bridgehead atoms. The Labute approximate surface area is 133 Å². The zero-order valence-electron chi connectivity index (χ0n) is 14.0. The Morgan fingerprint density at radius 1 is 1.00 bits per heavy atom. The van der Waals surface area contributed by atoms with Gasteiger partial charge >= 0.3 is 0 Å². The van der Waals surface area contributed by atoms with Crippen LogP contribution in [0.2, 0.25) is 0 Å². The molecule has 124 valence electrons. The normalized spacial score (nSPS) is 63.1. The van der Waals surface area contributed by atoms with E-state index in [1.165, 1.54) is 32.1 Å². The Bertz CT molecular complexity index is 479. The van der Waals surface area contributed by atoms with Crippen LogP contribution in [0.4, 0.5) is 0 Å². The van der Waals surface area contributed by atoms with Crippen LogP contribution >= 0.6 is 0 Å². The lowest BCUT2D eigenvalue weighted by atomic mass is 9.46. The molecule has 3 aliphatic carbocycles. The minimum absolute atomic E-state index is 0.0641. The van der Waals surface area contributed by atoms with Gasteiger partial charge < -0.3 is 14.6 Å². The average Bonchev–Trinajstić information content (AvgIpc) is 3.05. The monoisotopic (exact) mass is 306 g/mol. The molecule has 1 N–H and O–H groups in total. The van der Waals surface area contributed by atoms with Gasteiger partial charge in [0.2, 0.25) is 0 Å². The molecule has 22 heavy (non-hydrogen) atoms. The van der Waals surface area contributed by atoms with Crippen molar-refractivity contribution < 1.29 is 14.6 Å². The highest BCUT2D eigenvalue weighted by molar-refractivity contribution is 5.11. The molecule has 3 nitrogen and oxygen atoms in total. The van der Waals surface area contributed by atoms with Gasteiger partial charge in [-0.15, -0.1) is 0 Å². The molecule has 9 atom stereocenters. The molecule has 0 spiro atoms. The van der Waals surface area contributed by atoms with Gasteiger partial charge in [0.1, 0.15) is 0 Å². The van der Waals surface area contributed by atoms with Gasteiger partial charge in [-0.25, -0.2) is 0 Å². The summed E-state index contributed by atoms with van der Waals surface area (Å²) in [5, 5.41) is 10.5. The van der Waals surface area contributed by atoms with Gasteiger partial charge in [-0.1, -0.05) is 13.8 Å². The van der Waals surface area contributed by atoms with E-state index in [1.54, 1.807) is 0 Å². The van der Waals surface area contributed by atoms with Crippen molar-refractivity contribution in [1.82, 2.24) is 0 Å². The van der Waals surface area contributed by atoms with E-state index in [4.69, 9.17) is 9.47 Å². The number of fused-ring (bicyclic) bond motifs is 8. The smallest absolute Gasteiger partial charge is 0.158 e. The summed E-state index contributed by atoms with van der Waals surface area (Å²) >= 11 is 0. The van der Waals surface area contributed by atoms with Crippen LogP contribution in [0.5, 0.6) is 0 Å². The molecule has 2 heterocycles. The Balaban J connectivity index is 1.50. The first-order valence-corrected chi connectivity index (χ1v) is 9.48. The van der Waals surface area contributed by atoms with Gasteiger partial charge in [0.25, 0.3) is 0 Å². The Hall–Kier alpha value is -0.120. The first-order valence-electron chi connectivity index (χ1n) is 9.48. The Morgan fingerprint density at radius 2 is 1.86 bits per heavy atom. The van der Waals surface area contributed by atoms with Crippen molar-refractivity contribution in [3.8, 4) is 0 Å². The van der Waals surface area contributed by atoms with E-state index in [-0.39, 0.29) is 17.8 Å². The van der Waals surface area contributed by atoms with Crippen molar-refractivity contribution in [2.75, 3.05) is 6.61 Å². The molecule has 3 heteroatoms. The highest BCUT2D eigenvalue weighted by Gasteiger charge is 2.64. The second kappa shape index (κ2) is 4.49. The third-order valence-corrected chi connectivity index (χ3v) is 8.83. The highest BCUT2D eigenvalue weighted by atomic mass is 16.7. The summed E-state index contributed by atoms with van der Waals surface area (Å²) < 4.78 is 12.1. The fourth-order valence-electron chi connectivity index (χ4n) is 7.45. The Kier molecular flexibility index (Phi) is 2.91. The summed E-state index contributed by atoms with van der Waals surface area (Å²) in [6.45, 7) is 5.69. The van der Waals surface area contributed by atoms with Crippen LogP contribution in [-0.2, 0) is 9.47 Å². The lowest BCUT2D eigenvalue weighted by Gasteiger charge is -2.61. The predicted octanol–water partition coefficient (Wildman–Crippen LogP) is 3.35. The topological polar surface area (TPSA) is 38.7 Å². The molecule has 5 aliphatic rings. The number of aliphatic hydroxyl groups is 1. The predicted molar refractivity (Wildman–Crippen MR) is 83.1 cm³/mol. The SMILES string of the molecule is CC12CCC3C(CCC4CC5OCC(O5)C43C)C1CCC2O. The molecule has 9 unspecified atom stereocenters. The third-order valence-electron chi connectivity index (χ3n) is 8.83. The van der Waals surface area contributed by atoms with Crippen LogP contribution in [0.3, 0.4) is 0 Å². The maximum absolute atomic E-state index is 10.5. The number of hydrogen-bond acceptors (Lipinski definition) is 3.